The summed E-state index contributed by atoms with van der Waals surface area (Å²) < 4.78 is 37.1. The van der Waals surface area contributed by atoms with Crippen molar-refractivity contribution in [3.8, 4) is 6.07 Å². The molecule has 0 unspecified atom stereocenters. The van der Waals surface area contributed by atoms with Crippen LogP contribution in [0.1, 0.15) is 50.1 Å². The van der Waals surface area contributed by atoms with Crippen LogP contribution in [0.3, 0.4) is 0 Å². The van der Waals surface area contributed by atoms with Crippen molar-refractivity contribution < 1.29 is 13.2 Å². The van der Waals surface area contributed by atoms with Gasteiger partial charge < -0.3 is 10.1 Å². The highest BCUT2D eigenvalue weighted by atomic mass is 35.5. The molecule has 3 aliphatic rings. The van der Waals surface area contributed by atoms with E-state index in [2.05, 4.69) is 16.5 Å². The summed E-state index contributed by atoms with van der Waals surface area (Å²) in [6.07, 6.45) is 6.21. The molecule has 3 fully saturated rings. The largest absolute Gasteiger partial charge is 0.382 e. The van der Waals surface area contributed by atoms with Crippen LogP contribution in [-0.2, 0) is 14.9 Å². The number of hydrogen-bond donors (Lipinski definition) is 1. The number of anilines is 2. The molecule has 0 bridgehead atoms. The number of ether oxygens (including phenoxy) is 1. The minimum absolute atomic E-state index is 0.0704. The molecular weight excluding hydrogens is 516 g/mol. The Hall–Kier alpha value is -2.65. The second-order valence-corrected chi connectivity index (χ2v) is 12.1. The highest BCUT2D eigenvalue weighted by molar-refractivity contribution is 7.90. The van der Waals surface area contributed by atoms with Crippen LogP contribution in [0.5, 0.6) is 0 Å². The molecule has 2 aliphatic heterocycles. The van der Waals surface area contributed by atoms with Gasteiger partial charge in [0.25, 0.3) is 5.56 Å². The standard InChI is InChI=1S/C25H31ClN6O4S/c26-24-23(28-15-19-2-1-13-36-17-19)16-29-31(25(24)33)20-9-11-30(12-10-20)37(34,35)32(22-7-8-22)21-5-3-18(14-27)4-6-21/h3-6,16,19-20,22,28H,1-2,7-13,15,17H2/t19-/m1/s1. The normalized spacial score (nSPS) is 21.4. The number of benzene rings is 1. The van der Waals surface area contributed by atoms with Gasteiger partial charge in [-0.3, -0.25) is 9.10 Å². The second kappa shape index (κ2) is 11.0. The second-order valence-electron chi connectivity index (χ2n) is 9.91. The number of rotatable bonds is 8. The summed E-state index contributed by atoms with van der Waals surface area (Å²) in [6, 6.07) is 8.40. The lowest BCUT2D eigenvalue weighted by Gasteiger charge is -2.36. The molecule has 2 saturated heterocycles. The van der Waals surface area contributed by atoms with Crippen LogP contribution < -0.4 is 15.2 Å². The predicted molar refractivity (Wildman–Crippen MR) is 141 cm³/mol. The Morgan fingerprint density at radius 3 is 2.51 bits per heavy atom. The molecular formula is C25H31ClN6O4S. The van der Waals surface area contributed by atoms with Crippen molar-refractivity contribution in [3.63, 3.8) is 0 Å². The lowest BCUT2D eigenvalue weighted by molar-refractivity contribution is 0.0595. The lowest BCUT2D eigenvalue weighted by Crippen LogP contribution is -2.49. The van der Waals surface area contributed by atoms with E-state index in [0.29, 0.717) is 48.8 Å². The van der Waals surface area contributed by atoms with E-state index in [1.54, 1.807) is 30.5 Å². The summed E-state index contributed by atoms with van der Waals surface area (Å²) >= 11 is 6.41. The number of nitrogens with one attached hydrogen (secondary N) is 1. The number of piperidine rings is 1. The fraction of sp³-hybridized carbons (Fsp3) is 0.560. The van der Waals surface area contributed by atoms with Crippen LogP contribution in [-0.4, -0.2) is 61.4 Å². The van der Waals surface area contributed by atoms with Crippen molar-refractivity contribution >= 4 is 33.2 Å². The van der Waals surface area contributed by atoms with E-state index in [4.69, 9.17) is 21.6 Å². The van der Waals surface area contributed by atoms with Crippen LogP contribution in [0, 0.1) is 17.2 Å². The van der Waals surface area contributed by atoms with Gasteiger partial charge in [0.05, 0.1) is 41.9 Å². The van der Waals surface area contributed by atoms with Gasteiger partial charge in [-0.15, -0.1) is 0 Å². The Balaban J connectivity index is 1.25. The van der Waals surface area contributed by atoms with Crippen molar-refractivity contribution in [2.24, 2.45) is 5.92 Å². The highest BCUT2D eigenvalue weighted by Gasteiger charge is 2.42. The number of nitrogens with zero attached hydrogens (tertiary/aromatic N) is 5. The van der Waals surface area contributed by atoms with Crippen molar-refractivity contribution in [2.75, 3.05) is 42.5 Å². The van der Waals surface area contributed by atoms with Gasteiger partial charge in [0.1, 0.15) is 5.02 Å². The number of halogens is 1. The van der Waals surface area contributed by atoms with Gasteiger partial charge in [0.2, 0.25) is 0 Å². The number of hydrogen-bond acceptors (Lipinski definition) is 7. The molecule has 5 rings (SSSR count). The first kappa shape index (κ1) is 26.0. The summed E-state index contributed by atoms with van der Waals surface area (Å²) in [5.41, 5.74) is 1.19. The van der Waals surface area contributed by atoms with Gasteiger partial charge in [0.15, 0.2) is 0 Å². The minimum atomic E-state index is -3.75. The third kappa shape index (κ3) is 5.62. The van der Waals surface area contributed by atoms with Gasteiger partial charge >= 0.3 is 10.2 Å². The molecule has 1 aromatic heterocycles. The van der Waals surface area contributed by atoms with Crippen LogP contribution in [0.4, 0.5) is 11.4 Å². The molecule has 1 N–H and O–H groups in total. The maximum absolute atomic E-state index is 13.6. The van der Waals surface area contributed by atoms with E-state index in [1.807, 2.05) is 0 Å². The fourth-order valence-electron chi connectivity index (χ4n) is 5.02. The molecule has 0 radical (unpaired) electrons. The highest BCUT2D eigenvalue weighted by Crippen LogP contribution is 2.36. The summed E-state index contributed by atoms with van der Waals surface area (Å²) in [4.78, 5) is 13.0. The summed E-state index contributed by atoms with van der Waals surface area (Å²) in [5.74, 6) is 0.373. The van der Waals surface area contributed by atoms with Crippen molar-refractivity contribution in [1.82, 2.24) is 14.1 Å². The lowest BCUT2D eigenvalue weighted by atomic mass is 10.0. The minimum Gasteiger partial charge on any atom is -0.382 e. The zero-order chi connectivity index (χ0) is 26.0. The molecule has 12 heteroatoms. The molecule has 0 spiro atoms. The zero-order valence-corrected chi connectivity index (χ0v) is 22.1. The molecule has 1 atom stereocenters. The molecule has 2 aromatic rings. The predicted octanol–water partition coefficient (Wildman–Crippen LogP) is 3.16. The Morgan fingerprint density at radius 2 is 1.89 bits per heavy atom. The summed E-state index contributed by atoms with van der Waals surface area (Å²) in [5, 5.41) is 16.8. The number of aromatic nitrogens is 2. The van der Waals surface area contributed by atoms with Crippen molar-refractivity contribution in [1.29, 1.82) is 5.26 Å². The average molecular weight is 547 g/mol. The van der Waals surface area contributed by atoms with Gasteiger partial charge in [-0.1, -0.05) is 11.6 Å². The van der Waals surface area contributed by atoms with Gasteiger partial charge in [-0.05, 0) is 68.7 Å². The molecule has 1 aromatic carbocycles. The first-order valence-electron chi connectivity index (χ1n) is 12.8. The first-order chi connectivity index (χ1) is 17.9. The average Bonchev–Trinajstić information content (AvgIpc) is 3.75. The van der Waals surface area contributed by atoms with Gasteiger partial charge in [-0.25, -0.2) is 4.68 Å². The Bertz CT molecular complexity index is 1310. The SMILES string of the molecule is N#Cc1ccc(N(C2CC2)S(=O)(=O)N2CCC(n3ncc(NC[C@H]4CCCOC4)c(Cl)c3=O)CC2)cc1. The van der Waals surface area contributed by atoms with Crippen LogP contribution >= 0.6 is 11.6 Å². The monoisotopic (exact) mass is 546 g/mol. The Kier molecular flexibility index (Phi) is 7.72. The smallest absolute Gasteiger partial charge is 0.304 e. The molecule has 1 aliphatic carbocycles. The van der Waals surface area contributed by atoms with Gasteiger partial charge in [-0.2, -0.15) is 23.1 Å². The first-order valence-corrected chi connectivity index (χ1v) is 14.5. The summed E-state index contributed by atoms with van der Waals surface area (Å²) in [6.45, 7) is 2.71. The van der Waals surface area contributed by atoms with Gasteiger partial charge in [0, 0.05) is 32.3 Å². The van der Waals surface area contributed by atoms with Crippen LogP contribution in [0.15, 0.2) is 35.3 Å². The van der Waals surface area contributed by atoms with Crippen molar-refractivity contribution in [2.45, 2.75) is 50.6 Å². The van der Waals surface area contributed by atoms with E-state index >= 15 is 0 Å². The Labute approximate surface area is 221 Å². The van der Waals surface area contributed by atoms with E-state index in [-0.39, 0.29) is 35.8 Å². The summed E-state index contributed by atoms with van der Waals surface area (Å²) in [7, 11) is -3.75. The molecule has 0 amide bonds. The number of nitriles is 1. The van der Waals surface area contributed by atoms with Crippen molar-refractivity contribution in [3.05, 3.63) is 51.4 Å². The topological polar surface area (TPSA) is 121 Å². The van der Waals surface area contributed by atoms with E-state index < -0.39 is 10.2 Å². The Morgan fingerprint density at radius 1 is 1.16 bits per heavy atom. The molecule has 3 heterocycles. The third-order valence-electron chi connectivity index (χ3n) is 7.25. The molecule has 198 valence electrons. The van der Waals surface area contributed by atoms with E-state index in [0.717, 1.165) is 32.3 Å². The molecule has 1 saturated carbocycles. The molecule has 37 heavy (non-hydrogen) atoms. The maximum Gasteiger partial charge on any atom is 0.304 e. The maximum atomic E-state index is 13.6. The van der Waals surface area contributed by atoms with E-state index in [9.17, 15) is 13.2 Å². The quantitative estimate of drug-likeness (QED) is 0.540. The van der Waals surface area contributed by atoms with E-state index in [1.165, 1.54) is 13.3 Å². The molecule has 10 nitrogen and oxygen atoms in total. The fourth-order valence-corrected chi connectivity index (χ4v) is 7.12. The third-order valence-corrected chi connectivity index (χ3v) is 9.64. The van der Waals surface area contributed by atoms with Crippen LogP contribution in [0.25, 0.3) is 0 Å². The zero-order valence-electron chi connectivity index (χ0n) is 20.6. The van der Waals surface area contributed by atoms with Crippen LogP contribution in [0.2, 0.25) is 5.02 Å².